The number of hydroxylamine groups is 1. The van der Waals surface area contributed by atoms with Gasteiger partial charge in [0.25, 0.3) is 5.91 Å². The molecule has 1 unspecified atom stereocenters. The van der Waals surface area contributed by atoms with E-state index in [9.17, 15) is 4.79 Å². The highest BCUT2D eigenvalue weighted by Gasteiger charge is 2.44. The molecular formula is C33H36N4O3. The fourth-order valence-corrected chi connectivity index (χ4v) is 6.75. The number of hydrogen-bond acceptors (Lipinski definition) is 6. The lowest BCUT2D eigenvalue weighted by molar-refractivity contribution is 0.0988. The lowest BCUT2D eigenvalue weighted by Gasteiger charge is -2.37. The van der Waals surface area contributed by atoms with Gasteiger partial charge in [0, 0.05) is 28.8 Å². The SMILES string of the molecule is Cc1cc(C(=O)N2CCc3cc4c(cc32)C2(CCN(C)CC2)CO4)ccc1-c1ccc(N2C=NC(C)O2)c(C)c1. The van der Waals surface area contributed by atoms with Crippen LogP contribution in [0.3, 0.4) is 0 Å². The first-order valence-corrected chi connectivity index (χ1v) is 14.3. The van der Waals surface area contributed by atoms with E-state index >= 15 is 0 Å². The number of aryl methyl sites for hydroxylation is 2. The van der Waals surface area contributed by atoms with E-state index in [0.717, 1.165) is 83.9 Å². The van der Waals surface area contributed by atoms with Crippen molar-refractivity contribution < 1.29 is 14.4 Å². The van der Waals surface area contributed by atoms with Crippen LogP contribution in [0.4, 0.5) is 11.4 Å². The van der Waals surface area contributed by atoms with Gasteiger partial charge >= 0.3 is 0 Å². The van der Waals surface area contributed by atoms with Gasteiger partial charge in [-0.2, -0.15) is 0 Å². The minimum absolute atomic E-state index is 0.0656. The van der Waals surface area contributed by atoms with Crippen LogP contribution in [-0.2, 0) is 16.7 Å². The van der Waals surface area contributed by atoms with Crippen LogP contribution in [-0.4, -0.2) is 56.7 Å². The summed E-state index contributed by atoms with van der Waals surface area (Å²) in [5.74, 6) is 1.09. The second kappa shape index (κ2) is 9.46. The largest absolute Gasteiger partial charge is 0.492 e. The maximum absolute atomic E-state index is 13.8. The number of rotatable bonds is 3. The smallest absolute Gasteiger partial charge is 0.258 e. The molecule has 7 rings (SSSR count). The van der Waals surface area contributed by atoms with Crippen molar-refractivity contribution in [2.75, 3.05) is 43.3 Å². The van der Waals surface area contributed by atoms with Gasteiger partial charge in [-0.3, -0.25) is 4.79 Å². The van der Waals surface area contributed by atoms with Gasteiger partial charge in [0.05, 0.1) is 12.3 Å². The number of ether oxygens (including phenoxy) is 1. The van der Waals surface area contributed by atoms with Crippen molar-refractivity contribution in [1.29, 1.82) is 0 Å². The molecule has 0 saturated carbocycles. The minimum Gasteiger partial charge on any atom is -0.492 e. The van der Waals surface area contributed by atoms with Gasteiger partial charge in [0.15, 0.2) is 6.23 Å². The van der Waals surface area contributed by atoms with Gasteiger partial charge in [-0.1, -0.05) is 12.1 Å². The van der Waals surface area contributed by atoms with Crippen LogP contribution in [0.2, 0.25) is 0 Å². The second-order valence-corrected chi connectivity index (χ2v) is 11.9. The summed E-state index contributed by atoms with van der Waals surface area (Å²) >= 11 is 0. The first-order chi connectivity index (χ1) is 19.3. The first kappa shape index (κ1) is 25.3. The summed E-state index contributed by atoms with van der Waals surface area (Å²) in [6, 6.07) is 16.9. The van der Waals surface area contributed by atoms with Crippen LogP contribution in [0.5, 0.6) is 5.75 Å². The number of piperidine rings is 1. The average Bonchev–Trinajstić information content (AvgIpc) is 3.66. The number of nitrogens with zero attached hydrogens (tertiary/aromatic N) is 4. The highest BCUT2D eigenvalue weighted by atomic mass is 16.7. The van der Waals surface area contributed by atoms with E-state index in [1.165, 1.54) is 11.1 Å². The standard InChI is InChI=1S/C33H36N4O3/c1-21-15-26(5-7-27(21)24-6-8-29(22(2)16-24)37-20-34-23(3)40-37)32(38)36-12-9-25-17-31-28(18-30(25)36)33(19-39-31)10-13-35(4)14-11-33/h5-8,15-18,20,23H,9-14,19H2,1-4H3. The highest BCUT2D eigenvalue weighted by Crippen LogP contribution is 2.49. The third kappa shape index (κ3) is 4.11. The number of amides is 1. The molecule has 7 nitrogen and oxygen atoms in total. The summed E-state index contributed by atoms with van der Waals surface area (Å²) in [5.41, 5.74) is 9.77. The molecule has 3 aromatic carbocycles. The molecule has 0 radical (unpaired) electrons. The molecule has 1 spiro atoms. The Morgan fingerprint density at radius 1 is 0.975 bits per heavy atom. The van der Waals surface area contributed by atoms with Gasteiger partial charge in [-0.05, 0) is 124 Å². The lowest BCUT2D eigenvalue weighted by atomic mass is 9.74. The number of carbonyl (C=O) groups is 1. The summed E-state index contributed by atoms with van der Waals surface area (Å²) in [6.45, 7) is 9.69. The number of aliphatic imine (C=N–C) groups is 1. The Balaban J connectivity index is 1.14. The fraction of sp³-hybridized carbons (Fsp3) is 0.394. The molecule has 0 aromatic heterocycles. The number of fused-ring (bicyclic) bond motifs is 3. The normalized spacial score (nSPS) is 21.1. The molecule has 1 saturated heterocycles. The van der Waals surface area contributed by atoms with E-state index in [-0.39, 0.29) is 17.6 Å². The number of likely N-dealkylation sites (tertiary alicyclic amines) is 1. The Morgan fingerprint density at radius 3 is 2.52 bits per heavy atom. The maximum Gasteiger partial charge on any atom is 0.258 e. The third-order valence-corrected chi connectivity index (χ3v) is 9.21. The molecule has 4 aliphatic rings. The zero-order valence-corrected chi connectivity index (χ0v) is 23.7. The summed E-state index contributed by atoms with van der Waals surface area (Å²) in [6.07, 6.45) is 4.62. The summed E-state index contributed by atoms with van der Waals surface area (Å²) in [5, 5.41) is 1.72. The second-order valence-electron chi connectivity index (χ2n) is 11.9. The van der Waals surface area contributed by atoms with Crippen molar-refractivity contribution in [1.82, 2.24) is 4.90 Å². The summed E-state index contributed by atoms with van der Waals surface area (Å²) in [4.78, 5) is 28.2. The summed E-state index contributed by atoms with van der Waals surface area (Å²) in [7, 11) is 2.19. The zero-order chi connectivity index (χ0) is 27.6. The Labute approximate surface area is 236 Å². The van der Waals surface area contributed by atoms with E-state index in [2.05, 4.69) is 67.2 Å². The fourth-order valence-electron chi connectivity index (χ4n) is 6.75. The van der Waals surface area contributed by atoms with Gasteiger partial charge in [0.1, 0.15) is 12.1 Å². The molecule has 206 valence electrons. The number of anilines is 2. The van der Waals surface area contributed by atoms with Crippen molar-refractivity contribution in [2.45, 2.75) is 51.7 Å². The molecule has 0 N–H and O–H groups in total. The van der Waals surface area contributed by atoms with Gasteiger partial charge in [-0.15, -0.1) is 0 Å². The molecule has 1 atom stereocenters. The molecule has 1 amide bonds. The zero-order valence-electron chi connectivity index (χ0n) is 23.7. The molecule has 40 heavy (non-hydrogen) atoms. The lowest BCUT2D eigenvalue weighted by Crippen LogP contribution is -2.42. The Hall–Kier alpha value is -3.68. The van der Waals surface area contributed by atoms with Crippen LogP contribution in [0.15, 0.2) is 53.5 Å². The van der Waals surface area contributed by atoms with Crippen LogP contribution >= 0.6 is 0 Å². The molecule has 0 aliphatic carbocycles. The third-order valence-electron chi connectivity index (χ3n) is 9.21. The Bertz CT molecular complexity index is 1540. The minimum atomic E-state index is -0.168. The molecular weight excluding hydrogens is 500 g/mol. The van der Waals surface area contributed by atoms with Crippen molar-refractivity contribution in [2.24, 2.45) is 4.99 Å². The van der Waals surface area contributed by atoms with Crippen LogP contribution in [0, 0.1) is 13.8 Å². The molecule has 4 heterocycles. The van der Waals surface area contributed by atoms with Crippen LogP contribution < -0.4 is 14.7 Å². The van der Waals surface area contributed by atoms with E-state index < -0.39 is 0 Å². The van der Waals surface area contributed by atoms with Crippen molar-refractivity contribution in [3.05, 3.63) is 76.3 Å². The molecule has 3 aromatic rings. The summed E-state index contributed by atoms with van der Waals surface area (Å²) < 4.78 is 6.21. The highest BCUT2D eigenvalue weighted by molar-refractivity contribution is 6.08. The molecule has 7 heteroatoms. The number of carbonyl (C=O) groups excluding carboxylic acids is 1. The number of hydrogen-bond donors (Lipinski definition) is 0. The van der Waals surface area contributed by atoms with Gasteiger partial charge in [-0.25, -0.2) is 14.9 Å². The van der Waals surface area contributed by atoms with Crippen molar-refractivity contribution >= 4 is 23.6 Å². The van der Waals surface area contributed by atoms with Crippen molar-refractivity contribution in [3.63, 3.8) is 0 Å². The van der Waals surface area contributed by atoms with E-state index in [0.29, 0.717) is 6.54 Å². The van der Waals surface area contributed by atoms with Gasteiger partial charge < -0.3 is 14.5 Å². The predicted octanol–water partition coefficient (Wildman–Crippen LogP) is 5.66. The Morgan fingerprint density at radius 2 is 1.80 bits per heavy atom. The van der Waals surface area contributed by atoms with Crippen LogP contribution in [0.1, 0.15) is 52.4 Å². The molecule has 1 fully saturated rings. The van der Waals surface area contributed by atoms with Crippen LogP contribution in [0.25, 0.3) is 11.1 Å². The van der Waals surface area contributed by atoms with Crippen molar-refractivity contribution in [3.8, 4) is 16.9 Å². The van der Waals surface area contributed by atoms with E-state index in [1.54, 1.807) is 11.4 Å². The number of benzene rings is 3. The maximum atomic E-state index is 13.8. The topological polar surface area (TPSA) is 57.6 Å². The monoisotopic (exact) mass is 536 g/mol. The predicted molar refractivity (Wildman–Crippen MR) is 159 cm³/mol. The average molecular weight is 537 g/mol. The first-order valence-electron chi connectivity index (χ1n) is 14.3. The van der Waals surface area contributed by atoms with Gasteiger partial charge in [0.2, 0.25) is 0 Å². The molecule has 4 aliphatic heterocycles. The molecule has 0 bridgehead atoms. The van der Waals surface area contributed by atoms with E-state index in [1.807, 2.05) is 24.0 Å². The Kier molecular flexibility index (Phi) is 5.98. The van der Waals surface area contributed by atoms with E-state index in [4.69, 9.17) is 9.57 Å². The quantitative estimate of drug-likeness (QED) is 0.433.